The zero-order valence-corrected chi connectivity index (χ0v) is 16.6. The summed E-state index contributed by atoms with van der Waals surface area (Å²) in [7, 11) is 0. The molecule has 148 valence electrons. The number of benzene rings is 1. The monoisotopic (exact) mass is 386 g/mol. The van der Waals surface area contributed by atoms with Gasteiger partial charge in [0.15, 0.2) is 0 Å². The van der Waals surface area contributed by atoms with Crippen LogP contribution in [0.15, 0.2) is 36.9 Å². The summed E-state index contributed by atoms with van der Waals surface area (Å²) in [5.74, 6) is 1.76. The average molecular weight is 386 g/mol. The van der Waals surface area contributed by atoms with E-state index >= 15 is 0 Å². The Morgan fingerprint density at radius 1 is 1.07 bits per heavy atom. The van der Waals surface area contributed by atoms with Gasteiger partial charge in [-0.2, -0.15) is 0 Å². The van der Waals surface area contributed by atoms with Crippen LogP contribution in [0, 0.1) is 11.8 Å². The number of hydrogen-bond donors (Lipinski definition) is 1. The smallest absolute Gasteiger partial charge is 0.213 e. The van der Waals surface area contributed by atoms with Crippen LogP contribution in [-0.4, -0.2) is 44.8 Å². The molecule has 3 aromatic rings. The van der Waals surface area contributed by atoms with E-state index in [0.717, 1.165) is 35.8 Å². The first-order chi connectivity index (χ1) is 14.3. The van der Waals surface area contributed by atoms with Crippen LogP contribution in [0.25, 0.3) is 10.9 Å². The molecule has 0 spiro atoms. The minimum absolute atomic E-state index is 0.0151. The molecule has 5 heteroatoms. The third kappa shape index (κ3) is 3.27. The van der Waals surface area contributed by atoms with Crippen molar-refractivity contribution < 1.29 is 4.79 Å². The first-order valence-electron chi connectivity index (χ1n) is 10.9. The van der Waals surface area contributed by atoms with Gasteiger partial charge in [0.25, 0.3) is 0 Å². The Hall–Kier alpha value is -2.53. The highest BCUT2D eigenvalue weighted by molar-refractivity contribution is 6.11. The summed E-state index contributed by atoms with van der Waals surface area (Å²) in [5.41, 5.74) is 4.91. The molecule has 0 aliphatic heterocycles. The number of aromatic amines is 1. The van der Waals surface area contributed by atoms with Crippen molar-refractivity contribution in [1.29, 1.82) is 0 Å². The van der Waals surface area contributed by atoms with Crippen LogP contribution < -0.4 is 0 Å². The van der Waals surface area contributed by atoms with Gasteiger partial charge < -0.3 is 4.98 Å². The van der Waals surface area contributed by atoms with Crippen LogP contribution in [0.1, 0.15) is 52.9 Å². The van der Waals surface area contributed by atoms with E-state index in [9.17, 15) is 4.79 Å². The molecule has 6 rings (SSSR count). The fraction of sp³-hybridized carbons (Fsp3) is 0.458. The standard InChI is InChI=1S/C24H26N4O/c29-24(22-12-25-7-8-26-22)19-5-6-21-23-17(11-27-21)9-18(10-20(19)23)28(13-15-1-2-15)14-16-3-4-16/h5-8,11-12,15-16,18,27H,1-4,9-10,13-14H2/t18-/m0/s1. The summed E-state index contributed by atoms with van der Waals surface area (Å²) in [6, 6.07) is 4.50. The Kier molecular flexibility index (Phi) is 4.05. The maximum atomic E-state index is 13.3. The van der Waals surface area contributed by atoms with Crippen molar-refractivity contribution in [3.05, 3.63) is 59.3 Å². The molecular weight excluding hydrogens is 360 g/mol. The first kappa shape index (κ1) is 17.3. The van der Waals surface area contributed by atoms with Gasteiger partial charge >= 0.3 is 0 Å². The third-order valence-corrected chi connectivity index (χ3v) is 6.87. The average Bonchev–Trinajstić information content (AvgIpc) is 3.69. The molecule has 2 aromatic heterocycles. The maximum Gasteiger partial charge on any atom is 0.213 e. The summed E-state index contributed by atoms with van der Waals surface area (Å²) in [5, 5.41) is 1.26. The van der Waals surface area contributed by atoms with Crippen LogP contribution in [0.2, 0.25) is 0 Å². The van der Waals surface area contributed by atoms with Gasteiger partial charge in [-0.3, -0.25) is 14.7 Å². The molecule has 5 nitrogen and oxygen atoms in total. The number of rotatable bonds is 7. The Labute approximate surface area is 170 Å². The van der Waals surface area contributed by atoms with Crippen LogP contribution >= 0.6 is 0 Å². The number of nitrogens with zero attached hydrogens (tertiary/aromatic N) is 3. The van der Waals surface area contributed by atoms with Gasteiger partial charge in [0.2, 0.25) is 5.78 Å². The second-order valence-electron chi connectivity index (χ2n) is 9.15. The minimum Gasteiger partial charge on any atom is -0.361 e. The first-order valence-corrected chi connectivity index (χ1v) is 10.9. The molecule has 0 unspecified atom stereocenters. The second kappa shape index (κ2) is 6.77. The number of nitrogens with one attached hydrogen (secondary N) is 1. The van der Waals surface area contributed by atoms with Gasteiger partial charge in [0, 0.05) is 54.2 Å². The summed E-state index contributed by atoms with van der Waals surface area (Å²) >= 11 is 0. The predicted molar refractivity (Wildman–Crippen MR) is 112 cm³/mol. The van der Waals surface area contributed by atoms with E-state index in [-0.39, 0.29) is 5.78 Å². The Balaban J connectivity index is 1.38. The van der Waals surface area contributed by atoms with E-state index in [1.807, 2.05) is 12.1 Å². The lowest BCUT2D eigenvalue weighted by Crippen LogP contribution is -2.42. The zero-order chi connectivity index (χ0) is 19.4. The lowest BCUT2D eigenvalue weighted by Gasteiger charge is -2.35. The van der Waals surface area contributed by atoms with Gasteiger partial charge in [0.05, 0.1) is 6.20 Å². The van der Waals surface area contributed by atoms with E-state index in [1.54, 1.807) is 18.6 Å². The lowest BCUT2D eigenvalue weighted by molar-refractivity contribution is 0.103. The molecule has 0 amide bonds. The number of carbonyl (C=O) groups excluding carboxylic acids is 1. The molecule has 2 fully saturated rings. The molecule has 0 saturated heterocycles. The van der Waals surface area contributed by atoms with Crippen molar-refractivity contribution in [2.75, 3.05) is 13.1 Å². The van der Waals surface area contributed by atoms with Crippen molar-refractivity contribution in [3.8, 4) is 0 Å². The fourth-order valence-electron chi connectivity index (χ4n) is 4.97. The zero-order valence-electron chi connectivity index (χ0n) is 16.6. The highest BCUT2D eigenvalue weighted by Gasteiger charge is 2.35. The van der Waals surface area contributed by atoms with Crippen LogP contribution in [0.4, 0.5) is 0 Å². The van der Waals surface area contributed by atoms with Crippen molar-refractivity contribution in [1.82, 2.24) is 19.9 Å². The topological polar surface area (TPSA) is 61.9 Å². The van der Waals surface area contributed by atoms with Crippen molar-refractivity contribution in [2.24, 2.45) is 11.8 Å². The van der Waals surface area contributed by atoms with Crippen LogP contribution in [0.3, 0.4) is 0 Å². The fourth-order valence-corrected chi connectivity index (χ4v) is 4.97. The molecule has 1 atom stereocenters. The van der Waals surface area contributed by atoms with E-state index in [0.29, 0.717) is 11.7 Å². The molecule has 3 aliphatic carbocycles. The summed E-state index contributed by atoms with van der Waals surface area (Å²) in [4.78, 5) is 27.8. The molecule has 1 N–H and O–H groups in total. The largest absolute Gasteiger partial charge is 0.361 e. The lowest BCUT2D eigenvalue weighted by atomic mass is 9.84. The maximum absolute atomic E-state index is 13.3. The van der Waals surface area contributed by atoms with Gasteiger partial charge in [-0.15, -0.1) is 0 Å². The third-order valence-electron chi connectivity index (χ3n) is 6.87. The Bertz CT molecular complexity index is 1050. The van der Waals surface area contributed by atoms with Gasteiger partial charge in [0.1, 0.15) is 5.69 Å². The minimum atomic E-state index is -0.0151. The van der Waals surface area contributed by atoms with E-state index in [1.165, 1.54) is 55.3 Å². The molecule has 2 saturated carbocycles. The van der Waals surface area contributed by atoms with Crippen molar-refractivity contribution in [3.63, 3.8) is 0 Å². The molecular formula is C24H26N4O. The number of aromatic nitrogens is 3. The number of ketones is 1. The highest BCUT2D eigenvalue weighted by Crippen LogP contribution is 2.39. The van der Waals surface area contributed by atoms with E-state index in [4.69, 9.17) is 0 Å². The van der Waals surface area contributed by atoms with Gasteiger partial charge in [-0.05, 0) is 73.6 Å². The number of H-pyrrole nitrogens is 1. The molecule has 0 radical (unpaired) electrons. The number of hydrogen-bond acceptors (Lipinski definition) is 4. The second-order valence-corrected chi connectivity index (χ2v) is 9.15. The van der Waals surface area contributed by atoms with Crippen molar-refractivity contribution in [2.45, 2.75) is 44.6 Å². The van der Waals surface area contributed by atoms with Crippen LogP contribution in [0.5, 0.6) is 0 Å². The number of carbonyl (C=O) groups is 1. The molecule has 3 aliphatic rings. The molecule has 29 heavy (non-hydrogen) atoms. The quantitative estimate of drug-likeness (QED) is 0.628. The van der Waals surface area contributed by atoms with Crippen LogP contribution in [-0.2, 0) is 12.8 Å². The van der Waals surface area contributed by atoms with Gasteiger partial charge in [-0.1, -0.05) is 0 Å². The molecule has 1 aromatic carbocycles. The summed E-state index contributed by atoms with van der Waals surface area (Å²) in [6.07, 6.45) is 14.5. The summed E-state index contributed by atoms with van der Waals surface area (Å²) < 4.78 is 0. The summed E-state index contributed by atoms with van der Waals surface area (Å²) in [6.45, 7) is 2.45. The Morgan fingerprint density at radius 2 is 1.86 bits per heavy atom. The van der Waals surface area contributed by atoms with Gasteiger partial charge in [-0.25, -0.2) is 4.98 Å². The predicted octanol–water partition coefficient (Wildman–Crippen LogP) is 3.78. The highest BCUT2D eigenvalue weighted by atomic mass is 16.1. The molecule has 2 heterocycles. The Morgan fingerprint density at radius 3 is 2.55 bits per heavy atom. The molecule has 0 bridgehead atoms. The SMILES string of the molecule is O=C(c1cnccn1)c1ccc2[nH]cc3c2c1C[C@@H](N(CC1CC1)CC1CC1)C3. The van der Waals surface area contributed by atoms with Crippen molar-refractivity contribution >= 4 is 16.7 Å². The van der Waals surface area contributed by atoms with E-state index < -0.39 is 0 Å². The normalized spacial score (nSPS) is 21.1. The van der Waals surface area contributed by atoms with E-state index in [2.05, 4.69) is 26.0 Å².